The number of aliphatic hydroxyl groups excluding tert-OH is 1. The van der Waals surface area contributed by atoms with Gasteiger partial charge in [0.25, 0.3) is 5.91 Å². The van der Waals surface area contributed by atoms with E-state index in [4.69, 9.17) is 4.74 Å². The predicted molar refractivity (Wildman–Crippen MR) is 147 cm³/mol. The molecule has 0 radical (unpaired) electrons. The Balaban J connectivity index is 1.68. The first-order valence-corrected chi connectivity index (χ1v) is 13.3. The van der Waals surface area contributed by atoms with E-state index in [2.05, 4.69) is 58.6 Å². The van der Waals surface area contributed by atoms with Crippen LogP contribution < -0.4 is 0 Å². The summed E-state index contributed by atoms with van der Waals surface area (Å²) in [6.07, 6.45) is 16.3. The maximum absolute atomic E-state index is 12.6. The Morgan fingerprint density at radius 3 is 2.56 bits per heavy atom. The lowest BCUT2D eigenvalue weighted by Gasteiger charge is -2.19. The smallest absolute Gasteiger partial charge is 0.338 e. The molecule has 2 rings (SSSR count). The number of carbonyl (C=O) groups is 2. The number of carbonyl (C=O) groups excluding carboxylic acids is 2. The largest absolute Gasteiger partial charge is 0.508 e. The molecule has 1 amide bonds. The van der Waals surface area contributed by atoms with Crippen molar-refractivity contribution in [2.75, 3.05) is 6.54 Å². The summed E-state index contributed by atoms with van der Waals surface area (Å²) in [5.74, 6) is 0.786. The van der Waals surface area contributed by atoms with Crippen molar-refractivity contribution < 1.29 is 19.4 Å². The molecule has 0 fully saturated rings. The summed E-state index contributed by atoms with van der Waals surface area (Å²) in [5, 5.41) is 9.98. The van der Waals surface area contributed by atoms with Gasteiger partial charge >= 0.3 is 5.97 Å². The van der Waals surface area contributed by atoms with E-state index in [9.17, 15) is 14.7 Å². The third-order valence-corrected chi connectivity index (χ3v) is 6.84. The molecule has 198 valence electrons. The minimum absolute atomic E-state index is 0.0619. The van der Waals surface area contributed by atoms with Gasteiger partial charge in [-0.25, -0.2) is 4.79 Å². The van der Waals surface area contributed by atoms with Crippen molar-refractivity contribution in [3.8, 4) is 0 Å². The van der Waals surface area contributed by atoms with Gasteiger partial charge in [0, 0.05) is 24.2 Å². The molecule has 0 saturated heterocycles. The van der Waals surface area contributed by atoms with Crippen molar-refractivity contribution in [3.05, 3.63) is 70.7 Å². The normalized spacial score (nSPS) is 20.3. The third-order valence-electron chi connectivity index (χ3n) is 6.84. The van der Waals surface area contributed by atoms with Crippen LogP contribution in [0.25, 0.3) is 0 Å². The lowest BCUT2D eigenvalue weighted by Crippen LogP contribution is -2.27. The Labute approximate surface area is 218 Å². The van der Waals surface area contributed by atoms with Crippen molar-refractivity contribution in [1.29, 1.82) is 0 Å². The van der Waals surface area contributed by atoms with E-state index in [0.29, 0.717) is 23.8 Å². The number of hydrogen-bond donors (Lipinski definition) is 1. The molecule has 0 saturated carbocycles. The van der Waals surface area contributed by atoms with Gasteiger partial charge in [-0.05, 0) is 77.2 Å². The Kier molecular flexibility index (Phi) is 11.5. The molecule has 2 atom stereocenters. The van der Waals surface area contributed by atoms with Crippen molar-refractivity contribution in [2.45, 2.75) is 92.6 Å². The van der Waals surface area contributed by atoms with Gasteiger partial charge in [-0.15, -0.1) is 0 Å². The van der Waals surface area contributed by atoms with E-state index >= 15 is 0 Å². The first-order valence-electron chi connectivity index (χ1n) is 13.3. The van der Waals surface area contributed by atoms with Crippen LogP contribution in [0.3, 0.4) is 0 Å². The predicted octanol–water partition coefficient (Wildman–Crippen LogP) is 7.50. The number of allylic oxidation sites excluding steroid dienone is 6. The zero-order valence-electron chi connectivity index (χ0n) is 23.1. The fraction of sp³-hybridized carbons (Fsp3) is 0.548. The molecule has 0 bridgehead atoms. The second-order valence-electron chi connectivity index (χ2n) is 10.8. The minimum Gasteiger partial charge on any atom is -0.508 e. The summed E-state index contributed by atoms with van der Waals surface area (Å²) in [5.41, 5.74) is 4.45. The van der Waals surface area contributed by atoms with E-state index in [-0.39, 0.29) is 11.7 Å². The monoisotopic (exact) mass is 495 g/mol. The summed E-state index contributed by atoms with van der Waals surface area (Å²) in [7, 11) is 0. The Hall–Kier alpha value is -2.82. The molecule has 0 aliphatic carbocycles. The van der Waals surface area contributed by atoms with Crippen LogP contribution in [-0.2, 0) is 14.3 Å². The van der Waals surface area contributed by atoms with Crippen molar-refractivity contribution in [2.24, 2.45) is 11.8 Å². The van der Waals surface area contributed by atoms with Crippen molar-refractivity contribution in [3.63, 3.8) is 0 Å². The van der Waals surface area contributed by atoms with Gasteiger partial charge in [0.05, 0.1) is 5.57 Å². The second-order valence-corrected chi connectivity index (χ2v) is 10.8. The lowest BCUT2D eigenvalue weighted by molar-refractivity contribution is -0.140. The molecule has 0 aromatic rings. The average molecular weight is 496 g/mol. The molecule has 0 spiro atoms. The first kappa shape index (κ1) is 29.4. The standard InChI is InChI=1S/C31H45NO4/c1-21(2)17-18-32-25(6)20-27(30(32)34)16-10-14-23(4)12-8-11-22(3)13-9-15-24(5)19-28-29(33)26(7)31(35)36-28/h8,11-12,15,20-22,28,33H,6,9-10,13-14,16-19H2,1-5,7H3/b11-8+,23-12+,24-15-/t22-,28?/m1/s1. The van der Waals surface area contributed by atoms with Crippen LogP contribution in [0.15, 0.2) is 70.7 Å². The van der Waals surface area contributed by atoms with Crippen LogP contribution in [0.5, 0.6) is 0 Å². The Bertz CT molecular complexity index is 977. The van der Waals surface area contributed by atoms with E-state index in [1.54, 1.807) is 6.92 Å². The molecule has 0 aromatic carbocycles. The fourth-order valence-electron chi connectivity index (χ4n) is 4.33. The molecule has 1 unspecified atom stereocenters. The summed E-state index contributed by atoms with van der Waals surface area (Å²) in [6, 6.07) is 0. The number of esters is 1. The quantitative estimate of drug-likeness (QED) is 0.154. The maximum Gasteiger partial charge on any atom is 0.338 e. The highest BCUT2D eigenvalue weighted by Gasteiger charge is 2.31. The van der Waals surface area contributed by atoms with Crippen LogP contribution in [0.2, 0.25) is 0 Å². The highest BCUT2D eigenvalue weighted by molar-refractivity contribution is 5.98. The van der Waals surface area contributed by atoms with Gasteiger partial charge < -0.3 is 14.7 Å². The van der Waals surface area contributed by atoms with E-state index < -0.39 is 12.1 Å². The number of nitrogens with zero attached hydrogens (tertiary/aromatic N) is 1. The third kappa shape index (κ3) is 9.00. The Morgan fingerprint density at radius 2 is 1.92 bits per heavy atom. The number of amides is 1. The summed E-state index contributed by atoms with van der Waals surface area (Å²) >= 11 is 0. The summed E-state index contributed by atoms with van der Waals surface area (Å²) in [6.45, 7) is 17.1. The molecule has 2 aliphatic rings. The van der Waals surface area contributed by atoms with E-state index in [0.717, 1.165) is 61.9 Å². The van der Waals surface area contributed by atoms with Gasteiger partial charge in [0.15, 0.2) is 6.10 Å². The molecule has 0 aromatic heterocycles. The average Bonchev–Trinajstić information content (AvgIpc) is 3.21. The van der Waals surface area contributed by atoms with Crippen LogP contribution in [0, 0.1) is 11.8 Å². The van der Waals surface area contributed by atoms with Crippen molar-refractivity contribution >= 4 is 11.9 Å². The number of hydrogen-bond acceptors (Lipinski definition) is 4. The molecular formula is C31H45NO4. The molecule has 36 heavy (non-hydrogen) atoms. The molecule has 5 heteroatoms. The number of ether oxygens (including phenoxy) is 1. The Morgan fingerprint density at radius 1 is 1.19 bits per heavy atom. The van der Waals surface area contributed by atoms with Gasteiger partial charge in [-0.2, -0.15) is 0 Å². The van der Waals surface area contributed by atoms with Crippen LogP contribution in [-0.4, -0.2) is 34.5 Å². The second kappa shape index (κ2) is 14.1. The molecule has 1 N–H and O–H groups in total. The fourth-order valence-corrected chi connectivity index (χ4v) is 4.33. The molecule has 5 nitrogen and oxygen atoms in total. The number of rotatable bonds is 14. The van der Waals surface area contributed by atoms with Crippen LogP contribution in [0.1, 0.15) is 86.5 Å². The topological polar surface area (TPSA) is 66.8 Å². The minimum atomic E-state index is -0.537. The molecular weight excluding hydrogens is 450 g/mol. The van der Waals surface area contributed by atoms with Gasteiger partial charge in [-0.1, -0.05) is 62.8 Å². The molecule has 2 heterocycles. The van der Waals surface area contributed by atoms with E-state index in [1.807, 2.05) is 17.9 Å². The molecule has 2 aliphatic heterocycles. The first-order chi connectivity index (χ1) is 17.0. The highest BCUT2D eigenvalue weighted by atomic mass is 16.6. The number of aliphatic hydroxyl groups is 1. The zero-order chi connectivity index (χ0) is 26.8. The summed E-state index contributed by atoms with van der Waals surface area (Å²) < 4.78 is 5.20. The van der Waals surface area contributed by atoms with Gasteiger partial charge in [-0.3, -0.25) is 4.79 Å². The SMILES string of the molecule is C=C1C=C(CCC/C(C)=C/C=C/[C@@H](C)CC/C=C(/C)CC2OC(=O)C(C)=C2O)C(=O)N1CCC(C)C. The van der Waals surface area contributed by atoms with Crippen LogP contribution >= 0.6 is 0 Å². The number of cyclic esters (lactones) is 1. The lowest BCUT2D eigenvalue weighted by atomic mass is 10.0. The maximum atomic E-state index is 12.6. The van der Waals surface area contributed by atoms with Crippen molar-refractivity contribution in [1.82, 2.24) is 4.90 Å². The van der Waals surface area contributed by atoms with Crippen LogP contribution in [0.4, 0.5) is 0 Å². The van der Waals surface area contributed by atoms with E-state index in [1.165, 1.54) is 5.57 Å². The van der Waals surface area contributed by atoms with Gasteiger partial charge in [0.2, 0.25) is 0 Å². The zero-order valence-corrected chi connectivity index (χ0v) is 23.1. The summed E-state index contributed by atoms with van der Waals surface area (Å²) in [4.78, 5) is 26.0. The highest BCUT2D eigenvalue weighted by Crippen LogP contribution is 2.26. The van der Waals surface area contributed by atoms with Gasteiger partial charge in [0.1, 0.15) is 5.76 Å².